The molecule has 1 aliphatic heterocycles. The van der Waals surface area contributed by atoms with Crippen LogP contribution in [0, 0.1) is 17.2 Å². The zero-order valence-corrected chi connectivity index (χ0v) is 14.6. The van der Waals surface area contributed by atoms with Crippen molar-refractivity contribution in [1.29, 1.82) is 5.26 Å². The maximum atomic E-state index is 11.6. The molecule has 1 saturated carbocycles. The third kappa shape index (κ3) is 5.81. The van der Waals surface area contributed by atoms with Crippen molar-refractivity contribution in [2.45, 2.75) is 44.8 Å². The van der Waals surface area contributed by atoms with Gasteiger partial charge in [-0.05, 0) is 32.7 Å². The largest absolute Gasteiger partial charge is 0.344 e. The lowest BCUT2D eigenvalue weighted by molar-refractivity contribution is -0.130. The highest BCUT2D eigenvalue weighted by Crippen LogP contribution is 2.33. The highest BCUT2D eigenvalue weighted by atomic mass is 16.2. The van der Waals surface area contributed by atoms with Gasteiger partial charge in [0, 0.05) is 32.2 Å². The smallest absolute Gasteiger partial charge is 0.239 e. The Morgan fingerprint density at radius 2 is 2.17 bits per heavy atom. The number of nitriles is 1. The number of rotatable bonds is 6. The van der Waals surface area contributed by atoms with Crippen LogP contribution in [0.3, 0.4) is 0 Å². The standard InChI is InChI=1S/C9H19N3O.C7H10N2O/c1-7(10)6-12(3)8-4-5-11(2)9(8)13;1-6-4-7(6)9(5-10)3-2-8/h7-8H,4-6,10H2,1-3H3;5-7H,3-4H2,1H3. The molecule has 2 amide bonds. The van der Waals surface area contributed by atoms with Gasteiger partial charge in [0.2, 0.25) is 12.3 Å². The SMILES string of the molecule is CC(N)CN(C)C1CCN(C)C1=O.CC1CC1N(C=O)CC#N. The van der Waals surface area contributed by atoms with Gasteiger partial charge in [0.05, 0.1) is 12.1 Å². The number of carbonyl (C=O) groups excluding carboxylic acids is 2. The highest BCUT2D eigenvalue weighted by molar-refractivity contribution is 5.83. The molecule has 0 bridgehead atoms. The normalized spacial score (nSPS) is 27.1. The topological polar surface area (TPSA) is 93.7 Å². The van der Waals surface area contributed by atoms with Crippen molar-refractivity contribution in [1.82, 2.24) is 14.7 Å². The molecule has 4 atom stereocenters. The molecule has 0 aromatic carbocycles. The van der Waals surface area contributed by atoms with Crippen LogP contribution in [0.15, 0.2) is 0 Å². The van der Waals surface area contributed by atoms with Crippen molar-refractivity contribution in [3.63, 3.8) is 0 Å². The van der Waals surface area contributed by atoms with Crippen LogP contribution in [-0.4, -0.2) is 78.9 Å². The van der Waals surface area contributed by atoms with Crippen molar-refractivity contribution >= 4 is 12.3 Å². The molecule has 0 spiro atoms. The molecule has 1 heterocycles. The third-order valence-corrected chi connectivity index (χ3v) is 4.39. The molecule has 2 aliphatic rings. The Labute approximate surface area is 139 Å². The summed E-state index contributed by atoms with van der Waals surface area (Å²) in [6, 6.07) is 2.48. The molecule has 1 aliphatic carbocycles. The van der Waals surface area contributed by atoms with Crippen LogP contribution in [-0.2, 0) is 9.59 Å². The lowest BCUT2D eigenvalue weighted by Gasteiger charge is -2.24. The molecule has 4 unspecified atom stereocenters. The number of carbonyl (C=O) groups is 2. The summed E-state index contributed by atoms with van der Waals surface area (Å²) in [6.45, 7) is 5.92. The van der Waals surface area contributed by atoms with Crippen LogP contribution in [0.25, 0.3) is 0 Å². The van der Waals surface area contributed by atoms with E-state index >= 15 is 0 Å². The van der Waals surface area contributed by atoms with Gasteiger partial charge in [-0.15, -0.1) is 0 Å². The quantitative estimate of drug-likeness (QED) is 0.543. The first-order valence-corrected chi connectivity index (χ1v) is 8.10. The molecule has 7 heteroatoms. The Bertz CT molecular complexity index is 448. The van der Waals surface area contributed by atoms with E-state index in [0.717, 1.165) is 32.3 Å². The highest BCUT2D eigenvalue weighted by Gasteiger charge is 2.37. The zero-order chi connectivity index (χ0) is 17.6. The fourth-order valence-electron chi connectivity index (χ4n) is 2.87. The van der Waals surface area contributed by atoms with Crippen LogP contribution < -0.4 is 5.73 Å². The van der Waals surface area contributed by atoms with Gasteiger partial charge >= 0.3 is 0 Å². The van der Waals surface area contributed by atoms with Gasteiger partial charge in [0.1, 0.15) is 6.54 Å². The van der Waals surface area contributed by atoms with E-state index < -0.39 is 0 Å². The van der Waals surface area contributed by atoms with Crippen molar-refractivity contribution in [2.75, 3.05) is 33.7 Å². The first-order valence-electron chi connectivity index (χ1n) is 8.10. The predicted molar refractivity (Wildman–Crippen MR) is 88.3 cm³/mol. The summed E-state index contributed by atoms with van der Waals surface area (Å²) in [5.74, 6) is 0.821. The summed E-state index contributed by atoms with van der Waals surface area (Å²) in [7, 11) is 3.81. The van der Waals surface area contributed by atoms with Crippen LogP contribution in [0.5, 0.6) is 0 Å². The van der Waals surface area contributed by atoms with Gasteiger partial charge in [0.25, 0.3) is 0 Å². The van der Waals surface area contributed by atoms with Gasteiger partial charge in [0.15, 0.2) is 0 Å². The molecular formula is C16H29N5O2. The summed E-state index contributed by atoms with van der Waals surface area (Å²) in [5.41, 5.74) is 5.67. The number of amides is 2. The molecular weight excluding hydrogens is 294 g/mol. The lowest BCUT2D eigenvalue weighted by atomic mass is 10.2. The summed E-state index contributed by atoms with van der Waals surface area (Å²) in [4.78, 5) is 27.3. The molecule has 2 N–H and O–H groups in total. The molecule has 2 rings (SSSR count). The first kappa shape index (κ1) is 19.4. The van der Waals surface area contributed by atoms with E-state index in [4.69, 9.17) is 11.0 Å². The van der Waals surface area contributed by atoms with Crippen LogP contribution in [0.4, 0.5) is 0 Å². The molecule has 1 saturated heterocycles. The van der Waals surface area contributed by atoms with Crippen molar-refractivity contribution < 1.29 is 9.59 Å². The molecule has 130 valence electrons. The minimum atomic E-state index is 0.0519. The monoisotopic (exact) mass is 323 g/mol. The van der Waals surface area contributed by atoms with E-state index in [2.05, 4.69) is 11.8 Å². The van der Waals surface area contributed by atoms with Crippen molar-refractivity contribution in [3.05, 3.63) is 0 Å². The lowest BCUT2D eigenvalue weighted by Crippen LogP contribution is -2.43. The molecule has 23 heavy (non-hydrogen) atoms. The van der Waals surface area contributed by atoms with Gasteiger partial charge in [-0.3, -0.25) is 14.5 Å². The minimum absolute atomic E-state index is 0.0519. The van der Waals surface area contributed by atoms with E-state index in [-0.39, 0.29) is 24.5 Å². The molecule has 7 nitrogen and oxygen atoms in total. The number of nitrogens with zero attached hydrogens (tertiary/aromatic N) is 4. The van der Waals surface area contributed by atoms with Gasteiger partial charge in [-0.2, -0.15) is 5.26 Å². The fourth-order valence-corrected chi connectivity index (χ4v) is 2.87. The maximum absolute atomic E-state index is 11.6. The Morgan fingerprint density at radius 3 is 2.52 bits per heavy atom. The summed E-state index contributed by atoms with van der Waals surface area (Å²) in [5, 5.41) is 8.28. The Balaban J connectivity index is 0.000000238. The van der Waals surface area contributed by atoms with Gasteiger partial charge in [-0.25, -0.2) is 0 Å². The molecule has 0 aromatic rings. The maximum Gasteiger partial charge on any atom is 0.239 e. The summed E-state index contributed by atoms with van der Waals surface area (Å²) in [6.07, 6.45) is 2.75. The van der Waals surface area contributed by atoms with E-state index in [1.54, 1.807) is 9.80 Å². The zero-order valence-electron chi connectivity index (χ0n) is 14.6. The van der Waals surface area contributed by atoms with E-state index in [1.165, 1.54) is 0 Å². The Morgan fingerprint density at radius 1 is 1.57 bits per heavy atom. The number of hydrogen-bond donors (Lipinski definition) is 1. The molecule has 0 aromatic heterocycles. The summed E-state index contributed by atoms with van der Waals surface area (Å²) < 4.78 is 0. The van der Waals surface area contributed by atoms with Crippen LogP contribution >= 0.6 is 0 Å². The van der Waals surface area contributed by atoms with Gasteiger partial charge in [-0.1, -0.05) is 6.92 Å². The average molecular weight is 323 g/mol. The van der Waals surface area contributed by atoms with Crippen LogP contribution in [0.1, 0.15) is 26.7 Å². The Kier molecular flexibility index (Phi) is 7.46. The third-order valence-electron chi connectivity index (χ3n) is 4.39. The number of likely N-dealkylation sites (tertiary alicyclic amines) is 1. The molecule has 0 radical (unpaired) electrons. The van der Waals surface area contributed by atoms with E-state index in [1.807, 2.05) is 27.1 Å². The average Bonchev–Trinajstić information content (AvgIpc) is 3.11. The first-order chi connectivity index (χ1) is 10.8. The predicted octanol–water partition coefficient (Wildman–Crippen LogP) is -0.127. The second-order valence-electron chi connectivity index (χ2n) is 6.70. The second kappa shape index (κ2) is 8.85. The summed E-state index contributed by atoms with van der Waals surface area (Å²) >= 11 is 0. The number of hydrogen-bond acceptors (Lipinski definition) is 5. The fraction of sp³-hybridized carbons (Fsp3) is 0.812. The number of likely N-dealkylation sites (N-methyl/N-ethyl adjacent to an activating group) is 2. The van der Waals surface area contributed by atoms with Gasteiger partial charge < -0.3 is 15.5 Å². The van der Waals surface area contributed by atoms with Crippen molar-refractivity contribution in [3.8, 4) is 6.07 Å². The van der Waals surface area contributed by atoms with E-state index in [0.29, 0.717) is 12.0 Å². The Hall–Kier alpha value is -1.65. The van der Waals surface area contributed by atoms with E-state index in [9.17, 15) is 9.59 Å². The minimum Gasteiger partial charge on any atom is -0.344 e. The molecule has 2 fully saturated rings. The van der Waals surface area contributed by atoms with Crippen molar-refractivity contribution in [2.24, 2.45) is 11.7 Å². The number of nitrogens with two attached hydrogens (primary N) is 1. The van der Waals surface area contributed by atoms with Crippen LogP contribution in [0.2, 0.25) is 0 Å². The second-order valence-corrected chi connectivity index (χ2v) is 6.70.